The topological polar surface area (TPSA) is 54.5 Å². The Labute approximate surface area is 154 Å². The molecular weight excluding hydrogens is 326 g/mol. The van der Waals surface area contributed by atoms with Crippen LogP contribution >= 0.6 is 0 Å². The first-order chi connectivity index (χ1) is 12.8. The maximum Gasteiger partial charge on any atom is 0.252 e. The minimum Gasteiger partial charge on any atom is -0.381 e. The summed E-state index contributed by atoms with van der Waals surface area (Å²) in [7, 11) is 0. The van der Waals surface area contributed by atoms with Gasteiger partial charge in [-0.2, -0.15) is 0 Å². The lowest BCUT2D eigenvalue weighted by molar-refractivity contribution is 0.0642. The predicted molar refractivity (Wildman–Crippen MR) is 102 cm³/mol. The van der Waals surface area contributed by atoms with Gasteiger partial charge in [-0.3, -0.25) is 14.7 Å². The van der Waals surface area contributed by atoms with E-state index in [-0.39, 0.29) is 5.91 Å². The highest BCUT2D eigenvalue weighted by molar-refractivity contribution is 6.07. The standard InChI is InChI=1S/C21H27N3O2/c1-2-24-10-7-19-17(14-24)20(16-5-3-4-6-18(16)23-19)21(25)22-13-15-8-11-26-12-9-15/h3-6,15H,2,7-14H2,1H3,(H,22,25). The van der Waals surface area contributed by atoms with E-state index in [1.165, 1.54) is 0 Å². The Balaban J connectivity index is 1.66. The van der Waals surface area contributed by atoms with Crippen LogP contribution in [0.3, 0.4) is 0 Å². The summed E-state index contributed by atoms with van der Waals surface area (Å²) in [5.74, 6) is 0.563. The summed E-state index contributed by atoms with van der Waals surface area (Å²) in [4.78, 5) is 20.4. The van der Waals surface area contributed by atoms with E-state index in [0.717, 1.165) is 86.4 Å². The largest absolute Gasteiger partial charge is 0.381 e. The van der Waals surface area contributed by atoms with Crippen LogP contribution < -0.4 is 5.32 Å². The molecule has 1 fully saturated rings. The molecule has 2 aromatic rings. The second kappa shape index (κ2) is 7.72. The molecule has 1 aromatic heterocycles. The first-order valence-electron chi connectivity index (χ1n) is 9.75. The molecule has 26 heavy (non-hydrogen) atoms. The van der Waals surface area contributed by atoms with Crippen LogP contribution in [0.25, 0.3) is 10.9 Å². The van der Waals surface area contributed by atoms with Crippen molar-refractivity contribution in [1.29, 1.82) is 0 Å². The van der Waals surface area contributed by atoms with Crippen molar-refractivity contribution >= 4 is 16.8 Å². The van der Waals surface area contributed by atoms with Crippen LogP contribution in [0, 0.1) is 5.92 Å². The van der Waals surface area contributed by atoms with Crippen LogP contribution in [-0.4, -0.2) is 48.6 Å². The van der Waals surface area contributed by atoms with Gasteiger partial charge in [-0.15, -0.1) is 0 Å². The van der Waals surface area contributed by atoms with E-state index in [0.29, 0.717) is 5.92 Å². The third-order valence-electron chi connectivity index (χ3n) is 5.69. The normalized spacial score (nSPS) is 18.7. The number of hydrogen-bond acceptors (Lipinski definition) is 4. The molecule has 2 aliphatic heterocycles. The fourth-order valence-electron chi connectivity index (χ4n) is 4.05. The molecule has 1 aromatic carbocycles. The molecular formula is C21H27N3O2. The molecule has 1 saturated heterocycles. The Morgan fingerprint density at radius 3 is 2.92 bits per heavy atom. The van der Waals surface area contributed by atoms with Gasteiger partial charge in [-0.05, 0) is 31.4 Å². The van der Waals surface area contributed by atoms with E-state index >= 15 is 0 Å². The highest BCUT2D eigenvalue weighted by Gasteiger charge is 2.25. The Kier molecular flexibility index (Phi) is 5.18. The van der Waals surface area contributed by atoms with Crippen LogP contribution in [0.5, 0.6) is 0 Å². The maximum atomic E-state index is 13.2. The number of likely N-dealkylation sites (N-methyl/N-ethyl adjacent to an activating group) is 1. The Bertz CT molecular complexity index is 799. The van der Waals surface area contributed by atoms with E-state index in [9.17, 15) is 4.79 Å². The molecule has 0 aliphatic carbocycles. The third-order valence-corrected chi connectivity index (χ3v) is 5.69. The summed E-state index contributed by atoms with van der Waals surface area (Å²) in [5.41, 5.74) is 3.95. The molecule has 0 bridgehead atoms. The lowest BCUT2D eigenvalue weighted by Crippen LogP contribution is -2.36. The fourth-order valence-corrected chi connectivity index (χ4v) is 4.05. The summed E-state index contributed by atoms with van der Waals surface area (Å²) in [6.07, 6.45) is 2.96. The number of nitrogens with one attached hydrogen (secondary N) is 1. The number of hydrogen-bond donors (Lipinski definition) is 1. The highest BCUT2D eigenvalue weighted by Crippen LogP contribution is 2.28. The number of aromatic nitrogens is 1. The van der Waals surface area contributed by atoms with Crippen LogP contribution in [0.15, 0.2) is 24.3 Å². The number of amides is 1. The number of ether oxygens (including phenoxy) is 1. The molecule has 5 nitrogen and oxygen atoms in total. The van der Waals surface area contributed by atoms with Crippen molar-refractivity contribution in [2.24, 2.45) is 5.92 Å². The molecule has 0 saturated carbocycles. The van der Waals surface area contributed by atoms with Gasteiger partial charge in [0.1, 0.15) is 0 Å². The number of fused-ring (bicyclic) bond motifs is 2. The first-order valence-corrected chi connectivity index (χ1v) is 9.75. The summed E-state index contributed by atoms with van der Waals surface area (Å²) < 4.78 is 5.42. The highest BCUT2D eigenvalue weighted by atomic mass is 16.5. The number of carbonyl (C=O) groups is 1. The van der Waals surface area contributed by atoms with Gasteiger partial charge in [0, 0.05) is 55.9 Å². The monoisotopic (exact) mass is 353 g/mol. The molecule has 5 heteroatoms. The zero-order valence-electron chi connectivity index (χ0n) is 15.5. The second-order valence-electron chi connectivity index (χ2n) is 7.31. The van der Waals surface area contributed by atoms with Gasteiger partial charge in [0.25, 0.3) is 5.91 Å². The minimum atomic E-state index is 0.0456. The van der Waals surface area contributed by atoms with Crippen molar-refractivity contribution in [3.8, 4) is 0 Å². The van der Waals surface area contributed by atoms with Gasteiger partial charge in [0.2, 0.25) is 0 Å². The van der Waals surface area contributed by atoms with Crippen LogP contribution in [0.1, 0.15) is 41.4 Å². The molecule has 0 spiro atoms. The zero-order chi connectivity index (χ0) is 17.9. The van der Waals surface area contributed by atoms with Crippen molar-refractivity contribution in [1.82, 2.24) is 15.2 Å². The lowest BCUT2D eigenvalue weighted by atomic mass is 9.94. The van der Waals surface area contributed by atoms with E-state index in [1.54, 1.807) is 0 Å². The predicted octanol–water partition coefficient (Wildman–Crippen LogP) is 2.77. The van der Waals surface area contributed by atoms with Gasteiger partial charge in [0.05, 0.1) is 11.1 Å². The molecule has 138 valence electrons. The van der Waals surface area contributed by atoms with Crippen molar-refractivity contribution in [2.45, 2.75) is 32.7 Å². The summed E-state index contributed by atoms with van der Waals surface area (Å²) in [6.45, 7) is 7.33. The molecule has 1 amide bonds. The van der Waals surface area contributed by atoms with Crippen LogP contribution in [0.4, 0.5) is 0 Å². The molecule has 0 radical (unpaired) electrons. The third kappa shape index (κ3) is 3.46. The summed E-state index contributed by atoms with van der Waals surface area (Å²) in [6, 6.07) is 8.02. The molecule has 2 aliphatic rings. The molecule has 0 atom stereocenters. The van der Waals surface area contributed by atoms with Gasteiger partial charge < -0.3 is 10.1 Å². The number of carbonyl (C=O) groups excluding carboxylic acids is 1. The van der Waals surface area contributed by atoms with Crippen molar-refractivity contribution < 1.29 is 9.53 Å². The average molecular weight is 353 g/mol. The first kappa shape index (κ1) is 17.4. The smallest absolute Gasteiger partial charge is 0.252 e. The number of nitrogens with zero attached hydrogens (tertiary/aromatic N) is 2. The number of benzene rings is 1. The van der Waals surface area contributed by atoms with E-state index in [1.807, 2.05) is 24.3 Å². The SMILES string of the molecule is CCN1CCc2nc3ccccc3c(C(=O)NCC3CCOCC3)c2C1. The molecule has 1 N–H and O–H groups in total. The number of rotatable bonds is 4. The quantitative estimate of drug-likeness (QED) is 0.918. The summed E-state index contributed by atoms with van der Waals surface area (Å²) >= 11 is 0. The van der Waals surface area contributed by atoms with Gasteiger partial charge in [-0.1, -0.05) is 25.1 Å². The van der Waals surface area contributed by atoms with Gasteiger partial charge >= 0.3 is 0 Å². The van der Waals surface area contributed by atoms with Crippen molar-refractivity contribution in [3.05, 3.63) is 41.1 Å². The molecule has 3 heterocycles. The maximum absolute atomic E-state index is 13.2. The van der Waals surface area contributed by atoms with Crippen molar-refractivity contribution in [3.63, 3.8) is 0 Å². The Hall–Kier alpha value is -1.98. The Morgan fingerprint density at radius 1 is 1.31 bits per heavy atom. The van der Waals surface area contributed by atoms with E-state index < -0.39 is 0 Å². The second-order valence-corrected chi connectivity index (χ2v) is 7.31. The Morgan fingerprint density at radius 2 is 2.12 bits per heavy atom. The number of pyridine rings is 1. The lowest BCUT2D eigenvalue weighted by Gasteiger charge is -2.29. The van der Waals surface area contributed by atoms with Crippen LogP contribution in [0.2, 0.25) is 0 Å². The number of para-hydroxylation sites is 1. The minimum absolute atomic E-state index is 0.0456. The fraction of sp³-hybridized carbons (Fsp3) is 0.524. The van der Waals surface area contributed by atoms with Crippen molar-refractivity contribution in [2.75, 3.05) is 32.8 Å². The van der Waals surface area contributed by atoms with E-state index in [2.05, 4.69) is 17.1 Å². The van der Waals surface area contributed by atoms with Gasteiger partial charge in [-0.25, -0.2) is 0 Å². The van der Waals surface area contributed by atoms with E-state index in [4.69, 9.17) is 9.72 Å². The zero-order valence-corrected chi connectivity index (χ0v) is 15.5. The molecule has 4 rings (SSSR count). The van der Waals surface area contributed by atoms with Gasteiger partial charge in [0.15, 0.2) is 0 Å². The van der Waals surface area contributed by atoms with Crippen LogP contribution in [-0.2, 0) is 17.7 Å². The molecule has 0 unspecified atom stereocenters. The summed E-state index contributed by atoms with van der Waals surface area (Å²) in [5, 5.41) is 4.17. The average Bonchev–Trinajstić information content (AvgIpc) is 2.70.